The summed E-state index contributed by atoms with van der Waals surface area (Å²) in [6.07, 6.45) is 7.67. The molecule has 1 aliphatic carbocycles. The summed E-state index contributed by atoms with van der Waals surface area (Å²) < 4.78 is 0. The number of aliphatic hydroxyl groups excluding tert-OH is 1. The van der Waals surface area contributed by atoms with Gasteiger partial charge in [-0.05, 0) is 44.7 Å². The van der Waals surface area contributed by atoms with Crippen molar-refractivity contribution >= 4 is 0 Å². The van der Waals surface area contributed by atoms with E-state index in [1.54, 1.807) is 0 Å². The van der Waals surface area contributed by atoms with E-state index in [0.717, 1.165) is 24.9 Å². The van der Waals surface area contributed by atoms with Gasteiger partial charge in [0.15, 0.2) is 0 Å². The second-order valence-electron chi connectivity index (χ2n) is 5.89. The molecule has 1 aliphatic rings. The highest BCUT2D eigenvalue weighted by atomic mass is 16.3. The van der Waals surface area contributed by atoms with Crippen molar-refractivity contribution in [2.24, 2.45) is 11.7 Å². The fourth-order valence-electron chi connectivity index (χ4n) is 2.59. The van der Waals surface area contributed by atoms with Gasteiger partial charge in [0.1, 0.15) is 0 Å². The third kappa shape index (κ3) is 5.84. The van der Waals surface area contributed by atoms with Crippen LogP contribution in [0.4, 0.5) is 0 Å². The van der Waals surface area contributed by atoms with Crippen molar-refractivity contribution in [3.05, 3.63) is 0 Å². The van der Waals surface area contributed by atoms with Crippen LogP contribution in [0, 0.1) is 5.92 Å². The molecule has 0 heterocycles. The zero-order chi connectivity index (χ0) is 12.7. The van der Waals surface area contributed by atoms with Crippen LogP contribution in [0.2, 0.25) is 0 Å². The normalized spacial score (nSPS) is 19.4. The van der Waals surface area contributed by atoms with Crippen LogP contribution in [0.5, 0.6) is 0 Å². The Morgan fingerprint density at radius 2 is 1.76 bits per heavy atom. The Balaban J connectivity index is 2.34. The standard InChI is InChI=1S/C14H30N2O/c1-12(2)7-9-16(10-8-13(15)11-17)14-5-3-4-6-14/h12-14,17H,3-11,15H2,1-2H3. The first-order valence-electron chi connectivity index (χ1n) is 7.24. The first-order valence-corrected chi connectivity index (χ1v) is 7.24. The van der Waals surface area contributed by atoms with Crippen molar-refractivity contribution < 1.29 is 5.11 Å². The number of hydrogen-bond acceptors (Lipinski definition) is 3. The molecule has 1 rings (SSSR count). The molecule has 17 heavy (non-hydrogen) atoms. The third-order valence-corrected chi connectivity index (χ3v) is 3.86. The molecule has 1 unspecified atom stereocenters. The molecule has 3 N–H and O–H groups in total. The maximum Gasteiger partial charge on any atom is 0.0583 e. The number of hydrogen-bond donors (Lipinski definition) is 2. The van der Waals surface area contributed by atoms with Gasteiger partial charge in [0.2, 0.25) is 0 Å². The van der Waals surface area contributed by atoms with E-state index in [1.807, 2.05) is 0 Å². The first kappa shape index (κ1) is 14.9. The summed E-state index contributed by atoms with van der Waals surface area (Å²) in [6, 6.07) is 0.734. The minimum Gasteiger partial charge on any atom is -0.395 e. The molecule has 1 saturated carbocycles. The van der Waals surface area contributed by atoms with Crippen LogP contribution in [-0.2, 0) is 0 Å². The second-order valence-corrected chi connectivity index (χ2v) is 5.89. The Kier molecular flexibility index (Phi) is 7.09. The summed E-state index contributed by atoms with van der Waals surface area (Å²) in [5.41, 5.74) is 5.80. The SMILES string of the molecule is CC(C)CCN(CCC(N)CO)C1CCCC1. The monoisotopic (exact) mass is 242 g/mol. The largest absolute Gasteiger partial charge is 0.395 e. The van der Waals surface area contributed by atoms with E-state index >= 15 is 0 Å². The lowest BCUT2D eigenvalue weighted by Crippen LogP contribution is -2.38. The highest BCUT2D eigenvalue weighted by Gasteiger charge is 2.22. The van der Waals surface area contributed by atoms with Crippen molar-refractivity contribution in [1.29, 1.82) is 0 Å². The van der Waals surface area contributed by atoms with Crippen LogP contribution >= 0.6 is 0 Å². The number of nitrogens with zero attached hydrogens (tertiary/aromatic N) is 1. The van der Waals surface area contributed by atoms with E-state index in [9.17, 15) is 0 Å². The molecule has 0 bridgehead atoms. The maximum atomic E-state index is 8.99. The van der Waals surface area contributed by atoms with Crippen LogP contribution in [0.1, 0.15) is 52.4 Å². The van der Waals surface area contributed by atoms with E-state index < -0.39 is 0 Å². The van der Waals surface area contributed by atoms with Gasteiger partial charge in [-0.15, -0.1) is 0 Å². The Bertz CT molecular complexity index is 191. The van der Waals surface area contributed by atoms with Gasteiger partial charge in [-0.1, -0.05) is 26.7 Å². The summed E-state index contributed by atoms with van der Waals surface area (Å²) in [5.74, 6) is 0.769. The summed E-state index contributed by atoms with van der Waals surface area (Å²) >= 11 is 0. The van der Waals surface area contributed by atoms with Gasteiger partial charge < -0.3 is 15.7 Å². The zero-order valence-corrected chi connectivity index (χ0v) is 11.6. The molecule has 0 aromatic carbocycles. The average molecular weight is 242 g/mol. The van der Waals surface area contributed by atoms with Crippen molar-refractivity contribution in [2.75, 3.05) is 19.7 Å². The molecule has 0 aliphatic heterocycles. The van der Waals surface area contributed by atoms with Crippen molar-refractivity contribution in [1.82, 2.24) is 4.90 Å². The van der Waals surface area contributed by atoms with Gasteiger partial charge in [0.05, 0.1) is 6.61 Å². The molecular formula is C14H30N2O. The predicted octanol–water partition coefficient (Wildman–Crippen LogP) is 1.99. The lowest BCUT2D eigenvalue weighted by atomic mass is 10.1. The molecule has 0 aromatic rings. The van der Waals surface area contributed by atoms with Crippen LogP contribution < -0.4 is 5.73 Å². The van der Waals surface area contributed by atoms with Crippen LogP contribution in [-0.4, -0.2) is 41.8 Å². The van der Waals surface area contributed by atoms with Crippen molar-refractivity contribution in [3.8, 4) is 0 Å². The predicted molar refractivity (Wildman–Crippen MR) is 73.0 cm³/mol. The fraction of sp³-hybridized carbons (Fsp3) is 1.00. The molecule has 102 valence electrons. The smallest absolute Gasteiger partial charge is 0.0583 e. The van der Waals surface area contributed by atoms with Crippen LogP contribution in [0.3, 0.4) is 0 Å². The highest BCUT2D eigenvalue weighted by Crippen LogP contribution is 2.24. The Morgan fingerprint density at radius 1 is 1.18 bits per heavy atom. The lowest BCUT2D eigenvalue weighted by Gasteiger charge is -2.30. The van der Waals surface area contributed by atoms with E-state index in [1.165, 1.54) is 38.6 Å². The molecule has 3 nitrogen and oxygen atoms in total. The summed E-state index contributed by atoms with van der Waals surface area (Å²) in [5, 5.41) is 8.99. The van der Waals surface area contributed by atoms with Gasteiger partial charge in [-0.2, -0.15) is 0 Å². The highest BCUT2D eigenvalue weighted by molar-refractivity contribution is 4.78. The van der Waals surface area contributed by atoms with Gasteiger partial charge in [-0.25, -0.2) is 0 Å². The third-order valence-electron chi connectivity index (χ3n) is 3.86. The van der Waals surface area contributed by atoms with Crippen molar-refractivity contribution in [2.45, 2.75) is 64.5 Å². The molecule has 1 fully saturated rings. The van der Waals surface area contributed by atoms with Gasteiger partial charge in [0, 0.05) is 12.1 Å². The second kappa shape index (κ2) is 8.06. The molecule has 0 spiro atoms. The molecular weight excluding hydrogens is 212 g/mol. The topological polar surface area (TPSA) is 49.5 Å². The molecule has 0 saturated heterocycles. The number of nitrogens with two attached hydrogens (primary N) is 1. The maximum absolute atomic E-state index is 8.99. The van der Waals surface area contributed by atoms with E-state index in [0.29, 0.717) is 0 Å². The lowest BCUT2D eigenvalue weighted by molar-refractivity contribution is 0.171. The van der Waals surface area contributed by atoms with Gasteiger partial charge in [-0.3, -0.25) is 0 Å². The summed E-state index contributed by atoms with van der Waals surface area (Å²) in [6.45, 7) is 6.93. The molecule has 1 atom stereocenters. The summed E-state index contributed by atoms with van der Waals surface area (Å²) in [4.78, 5) is 2.61. The van der Waals surface area contributed by atoms with E-state index in [-0.39, 0.29) is 12.6 Å². The van der Waals surface area contributed by atoms with E-state index in [2.05, 4.69) is 18.7 Å². The summed E-state index contributed by atoms with van der Waals surface area (Å²) in [7, 11) is 0. The number of rotatable bonds is 8. The van der Waals surface area contributed by atoms with Crippen molar-refractivity contribution in [3.63, 3.8) is 0 Å². The quantitative estimate of drug-likeness (QED) is 0.684. The minimum atomic E-state index is -0.0436. The number of aliphatic hydroxyl groups is 1. The molecule has 3 heteroatoms. The Hall–Kier alpha value is -0.120. The van der Waals surface area contributed by atoms with Gasteiger partial charge in [0.25, 0.3) is 0 Å². The van der Waals surface area contributed by atoms with Crippen LogP contribution in [0.15, 0.2) is 0 Å². The fourth-order valence-corrected chi connectivity index (χ4v) is 2.59. The van der Waals surface area contributed by atoms with E-state index in [4.69, 9.17) is 10.8 Å². The molecule has 0 aromatic heterocycles. The van der Waals surface area contributed by atoms with Gasteiger partial charge >= 0.3 is 0 Å². The average Bonchev–Trinajstić information content (AvgIpc) is 2.81. The Labute approximate surface area is 106 Å². The first-order chi connectivity index (χ1) is 8.13. The molecule has 0 radical (unpaired) electrons. The Morgan fingerprint density at radius 3 is 2.29 bits per heavy atom. The molecule has 0 amide bonds. The van der Waals surface area contributed by atoms with Crippen LogP contribution in [0.25, 0.3) is 0 Å². The zero-order valence-electron chi connectivity index (χ0n) is 11.6. The minimum absolute atomic E-state index is 0.0436.